The van der Waals surface area contributed by atoms with Crippen LogP contribution in [0.3, 0.4) is 0 Å². The molecule has 0 saturated heterocycles. The fourth-order valence-electron chi connectivity index (χ4n) is 1.75. The van der Waals surface area contributed by atoms with Crippen molar-refractivity contribution in [2.24, 2.45) is 5.73 Å². The van der Waals surface area contributed by atoms with Crippen LogP contribution in [0.25, 0.3) is 0 Å². The van der Waals surface area contributed by atoms with Gasteiger partial charge in [-0.05, 0) is 52.7 Å². The summed E-state index contributed by atoms with van der Waals surface area (Å²) in [5, 5.41) is 0. The summed E-state index contributed by atoms with van der Waals surface area (Å²) in [5.41, 5.74) is 6.97. The first-order chi connectivity index (χ1) is 9.08. The second kappa shape index (κ2) is 8.72. The highest BCUT2D eigenvalue weighted by Gasteiger charge is 2.12. The third kappa shape index (κ3) is 5.63. The average Bonchev–Trinajstić information content (AvgIpc) is 2.35. The molecule has 0 bridgehead atoms. The normalized spacial score (nSPS) is 12.3. The Morgan fingerprint density at radius 2 is 2.16 bits per heavy atom. The van der Waals surface area contributed by atoms with Gasteiger partial charge in [0.25, 0.3) is 0 Å². The molecule has 1 atom stereocenters. The molecule has 0 aliphatic heterocycles. The molecule has 3 nitrogen and oxygen atoms in total. The first kappa shape index (κ1) is 16.7. The summed E-state index contributed by atoms with van der Waals surface area (Å²) in [6.45, 7) is 4.82. The Bertz CT molecular complexity index is 399. The third-order valence-corrected chi connectivity index (χ3v) is 3.98. The van der Waals surface area contributed by atoms with Crippen LogP contribution in [0.5, 0.6) is 11.5 Å². The van der Waals surface area contributed by atoms with Gasteiger partial charge in [0.1, 0.15) is 0 Å². The first-order valence-electron chi connectivity index (χ1n) is 6.41. The minimum Gasteiger partial charge on any atom is -0.493 e. The van der Waals surface area contributed by atoms with Gasteiger partial charge in [0, 0.05) is 11.8 Å². The second-order valence-electron chi connectivity index (χ2n) is 4.34. The van der Waals surface area contributed by atoms with E-state index in [1.54, 1.807) is 7.11 Å². The van der Waals surface area contributed by atoms with Gasteiger partial charge in [-0.3, -0.25) is 0 Å². The van der Waals surface area contributed by atoms with Crippen LogP contribution in [0.4, 0.5) is 0 Å². The Labute approximate surface area is 128 Å². The minimum atomic E-state index is 0.129. The molecule has 0 radical (unpaired) electrons. The zero-order valence-corrected chi connectivity index (χ0v) is 14.1. The van der Waals surface area contributed by atoms with Gasteiger partial charge in [0.15, 0.2) is 11.5 Å². The SMILES string of the molecule is CCSCCOc1c(Br)cc(CC(C)N)cc1OC. The zero-order valence-electron chi connectivity index (χ0n) is 11.7. The Hall–Kier alpha value is -0.390. The molecule has 0 aliphatic rings. The molecule has 0 aromatic heterocycles. The lowest BCUT2D eigenvalue weighted by Crippen LogP contribution is -2.17. The van der Waals surface area contributed by atoms with Crippen LogP contribution in [0, 0.1) is 0 Å². The van der Waals surface area contributed by atoms with Crippen LogP contribution in [0.15, 0.2) is 16.6 Å². The topological polar surface area (TPSA) is 44.5 Å². The lowest BCUT2D eigenvalue weighted by molar-refractivity contribution is 0.311. The summed E-state index contributed by atoms with van der Waals surface area (Å²) < 4.78 is 12.1. The molecule has 1 aromatic carbocycles. The number of methoxy groups -OCH3 is 1. The van der Waals surface area contributed by atoms with Gasteiger partial charge in [-0.25, -0.2) is 0 Å². The van der Waals surface area contributed by atoms with E-state index in [1.807, 2.05) is 30.8 Å². The monoisotopic (exact) mass is 347 g/mol. The molecule has 5 heteroatoms. The molecule has 0 spiro atoms. The van der Waals surface area contributed by atoms with E-state index in [4.69, 9.17) is 15.2 Å². The van der Waals surface area contributed by atoms with Crippen molar-refractivity contribution in [2.75, 3.05) is 25.2 Å². The van der Waals surface area contributed by atoms with Crippen molar-refractivity contribution in [2.45, 2.75) is 26.3 Å². The van der Waals surface area contributed by atoms with E-state index >= 15 is 0 Å². The van der Waals surface area contributed by atoms with Gasteiger partial charge in [-0.2, -0.15) is 11.8 Å². The molecule has 0 fully saturated rings. The van der Waals surface area contributed by atoms with E-state index in [-0.39, 0.29) is 6.04 Å². The number of hydrogen-bond donors (Lipinski definition) is 1. The minimum absolute atomic E-state index is 0.129. The van der Waals surface area contributed by atoms with Crippen molar-refractivity contribution < 1.29 is 9.47 Å². The average molecular weight is 348 g/mol. The fourth-order valence-corrected chi connectivity index (χ4v) is 2.84. The van der Waals surface area contributed by atoms with Gasteiger partial charge in [0.05, 0.1) is 18.2 Å². The Morgan fingerprint density at radius 3 is 2.74 bits per heavy atom. The summed E-state index contributed by atoms with van der Waals surface area (Å²) >= 11 is 5.41. The molecule has 1 aromatic rings. The number of nitrogens with two attached hydrogens (primary N) is 1. The van der Waals surface area contributed by atoms with E-state index in [0.29, 0.717) is 6.61 Å². The Kier molecular flexibility index (Phi) is 7.64. The smallest absolute Gasteiger partial charge is 0.175 e. The number of hydrogen-bond acceptors (Lipinski definition) is 4. The summed E-state index contributed by atoms with van der Waals surface area (Å²) in [7, 11) is 1.66. The first-order valence-corrected chi connectivity index (χ1v) is 8.35. The largest absolute Gasteiger partial charge is 0.493 e. The number of rotatable bonds is 8. The number of benzene rings is 1. The van der Waals surface area contributed by atoms with Gasteiger partial charge < -0.3 is 15.2 Å². The van der Waals surface area contributed by atoms with E-state index in [0.717, 1.165) is 39.5 Å². The highest BCUT2D eigenvalue weighted by Crippen LogP contribution is 2.37. The van der Waals surface area contributed by atoms with Crippen LogP contribution in [0.2, 0.25) is 0 Å². The maximum Gasteiger partial charge on any atom is 0.175 e. The number of halogens is 1. The molecular formula is C14H22BrNO2S. The van der Waals surface area contributed by atoms with Crippen molar-refractivity contribution >= 4 is 27.7 Å². The van der Waals surface area contributed by atoms with Crippen LogP contribution in [-0.4, -0.2) is 31.3 Å². The summed E-state index contributed by atoms with van der Waals surface area (Å²) in [4.78, 5) is 0. The molecule has 2 N–H and O–H groups in total. The number of thioether (sulfide) groups is 1. The van der Waals surface area contributed by atoms with Crippen molar-refractivity contribution in [1.82, 2.24) is 0 Å². The quantitative estimate of drug-likeness (QED) is 0.731. The molecule has 108 valence electrons. The molecule has 19 heavy (non-hydrogen) atoms. The molecule has 0 aliphatic carbocycles. The van der Waals surface area contributed by atoms with Crippen molar-refractivity contribution in [3.8, 4) is 11.5 Å². The zero-order chi connectivity index (χ0) is 14.3. The van der Waals surface area contributed by atoms with Gasteiger partial charge in [-0.15, -0.1) is 0 Å². The lowest BCUT2D eigenvalue weighted by Gasteiger charge is -2.15. The van der Waals surface area contributed by atoms with E-state index in [2.05, 4.69) is 22.9 Å². The van der Waals surface area contributed by atoms with Crippen molar-refractivity contribution in [1.29, 1.82) is 0 Å². The molecular weight excluding hydrogens is 326 g/mol. The van der Waals surface area contributed by atoms with E-state index in [1.165, 1.54) is 0 Å². The molecule has 1 unspecified atom stereocenters. The Balaban J connectivity index is 2.79. The van der Waals surface area contributed by atoms with Gasteiger partial charge in [0.2, 0.25) is 0 Å². The van der Waals surface area contributed by atoms with Crippen LogP contribution in [0.1, 0.15) is 19.4 Å². The van der Waals surface area contributed by atoms with E-state index in [9.17, 15) is 0 Å². The van der Waals surface area contributed by atoms with Crippen LogP contribution < -0.4 is 15.2 Å². The number of ether oxygens (including phenoxy) is 2. The second-order valence-corrected chi connectivity index (χ2v) is 6.58. The van der Waals surface area contributed by atoms with Crippen molar-refractivity contribution in [3.05, 3.63) is 22.2 Å². The maximum absolute atomic E-state index is 5.83. The predicted octanol–water partition coefficient (Wildman–Crippen LogP) is 3.48. The summed E-state index contributed by atoms with van der Waals surface area (Å²) in [6, 6.07) is 4.18. The maximum atomic E-state index is 5.83. The summed E-state index contributed by atoms with van der Waals surface area (Å²) in [6.07, 6.45) is 0.820. The molecule has 0 heterocycles. The standard InChI is InChI=1S/C14H22BrNO2S/c1-4-19-6-5-18-14-12(15)8-11(7-10(2)16)9-13(14)17-3/h8-10H,4-7,16H2,1-3H3. The highest BCUT2D eigenvalue weighted by molar-refractivity contribution is 9.10. The summed E-state index contributed by atoms with van der Waals surface area (Å²) in [5.74, 6) is 3.61. The fraction of sp³-hybridized carbons (Fsp3) is 0.571. The predicted molar refractivity (Wildman–Crippen MR) is 86.5 cm³/mol. The van der Waals surface area contributed by atoms with Crippen molar-refractivity contribution in [3.63, 3.8) is 0 Å². The Morgan fingerprint density at radius 1 is 1.42 bits per heavy atom. The molecule has 0 saturated carbocycles. The lowest BCUT2D eigenvalue weighted by atomic mass is 10.1. The van der Waals surface area contributed by atoms with E-state index < -0.39 is 0 Å². The third-order valence-electron chi connectivity index (χ3n) is 2.53. The van der Waals surface area contributed by atoms with Gasteiger partial charge in [-0.1, -0.05) is 6.92 Å². The highest BCUT2D eigenvalue weighted by atomic mass is 79.9. The van der Waals surface area contributed by atoms with Gasteiger partial charge >= 0.3 is 0 Å². The van der Waals surface area contributed by atoms with Crippen LogP contribution in [-0.2, 0) is 6.42 Å². The molecule has 0 amide bonds. The van der Waals surface area contributed by atoms with Crippen LogP contribution >= 0.6 is 27.7 Å². The molecule has 1 rings (SSSR count).